The lowest BCUT2D eigenvalue weighted by Crippen LogP contribution is -2.37. The molecule has 1 amide bonds. The Balaban J connectivity index is 2.48. The van der Waals surface area contributed by atoms with E-state index in [1.54, 1.807) is 25.1 Å². The summed E-state index contributed by atoms with van der Waals surface area (Å²) in [5.41, 5.74) is 7.06. The van der Waals surface area contributed by atoms with E-state index in [0.29, 0.717) is 5.69 Å². The minimum atomic E-state index is -0.450. The Labute approximate surface area is 125 Å². The minimum absolute atomic E-state index is 0.127. The monoisotopic (exact) mass is 292 g/mol. The van der Waals surface area contributed by atoms with Gasteiger partial charge in [0.25, 0.3) is 5.91 Å². The number of esters is 1. The first-order valence-electron chi connectivity index (χ1n) is 7.29. The van der Waals surface area contributed by atoms with Crippen LogP contribution >= 0.6 is 0 Å². The molecule has 0 fully saturated rings. The van der Waals surface area contributed by atoms with Gasteiger partial charge in [-0.1, -0.05) is 26.0 Å². The van der Waals surface area contributed by atoms with Crippen molar-refractivity contribution < 1.29 is 14.3 Å². The van der Waals surface area contributed by atoms with Crippen LogP contribution in [-0.2, 0) is 14.3 Å². The molecule has 0 aliphatic rings. The van der Waals surface area contributed by atoms with Gasteiger partial charge in [0.05, 0.1) is 5.92 Å². The van der Waals surface area contributed by atoms with Gasteiger partial charge in [-0.15, -0.1) is 0 Å². The summed E-state index contributed by atoms with van der Waals surface area (Å²) in [7, 11) is 0. The number of nitrogens with one attached hydrogen (secondary N) is 1. The zero-order valence-electron chi connectivity index (χ0n) is 12.9. The molecule has 0 aromatic heterocycles. The van der Waals surface area contributed by atoms with Crippen LogP contribution in [0.2, 0.25) is 0 Å². The second kappa shape index (κ2) is 8.29. The molecule has 21 heavy (non-hydrogen) atoms. The zero-order valence-corrected chi connectivity index (χ0v) is 12.9. The number of carbonyl (C=O) groups excluding carboxylic acids is 2. The van der Waals surface area contributed by atoms with Crippen molar-refractivity contribution in [2.45, 2.75) is 45.6 Å². The normalized spacial score (nSPS) is 12.0. The number of hydrogen-bond donors (Lipinski definition) is 2. The average molecular weight is 292 g/mol. The molecule has 3 N–H and O–H groups in total. The number of anilines is 1. The van der Waals surface area contributed by atoms with Crippen molar-refractivity contribution in [3.8, 4) is 0 Å². The molecule has 0 saturated heterocycles. The first kappa shape index (κ1) is 17.0. The van der Waals surface area contributed by atoms with Crippen LogP contribution in [0.1, 0.15) is 45.1 Å². The van der Waals surface area contributed by atoms with Gasteiger partial charge < -0.3 is 15.8 Å². The van der Waals surface area contributed by atoms with Crippen LogP contribution in [0.15, 0.2) is 24.3 Å². The van der Waals surface area contributed by atoms with Gasteiger partial charge in [-0.05, 0) is 37.5 Å². The molecular formula is C16H24N2O3. The second-order valence-electron chi connectivity index (χ2n) is 5.08. The van der Waals surface area contributed by atoms with Crippen LogP contribution in [-0.4, -0.2) is 24.5 Å². The van der Waals surface area contributed by atoms with Crippen LogP contribution in [0, 0.1) is 0 Å². The highest BCUT2D eigenvalue weighted by Gasteiger charge is 2.18. The molecule has 1 aromatic rings. The first-order chi connectivity index (χ1) is 9.97. The van der Waals surface area contributed by atoms with Crippen molar-refractivity contribution in [1.82, 2.24) is 5.32 Å². The average Bonchev–Trinajstić information content (AvgIpc) is 2.49. The highest BCUT2D eigenvalue weighted by atomic mass is 16.5. The van der Waals surface area contributed by atoms with E-state index in [0.717, 1.165) is 18.4 Å². The van der Waals surface area contributed by atoms with E-state index in [9.17, 15) is 9.59 Å². The Kier molecular flexibility index (Phi) is 6.72. The fourth-order valence-corrected chi connectivity index (χ4v) is 1.99. The van der Waals surface area contributed by atoms with Gasteiger partial charge in [0.2, 0.25) is 0 Å². The third-order valence-corrected chi connectivity index (χ3v) is 3.46. The van der Waals surface area contributed by atoms with E-state index in [2.05, 4.69) is 5.32 Å². The van der Waals surface area contributed by atoms with E-state index in [4.69, 9.17) is 10.5 Å². The van der Waals surface area contributed by atoms with Crippen molar-refractivity contribution in [1.29, 1.82) is 0 Å². The van der Waals surface area contributed by atoms with Crippen LogP contribution in [0.5, 0.6) is 0 Å². The molecule has 0 heterocycles. The molecular weight excluding hydrogens is 268 g/mol. The van der Waals surface area contributed by atoms with Crippen molar-refractivity contribution in [2.75, 3.05) is 12.3 Å². The molecule has 1 rings (SSSR count). The summed E-state index contributed by atoms with van der Waals surface area (Å²) in [6.07, 6.45) is 1.71. The maximum atomic E-state index is 11.9. The zero-order chi connectivity index (χ0) is 15.8. The van der Waals surface area contributed by atoms with Gasteiger partial charge in [0.15, 0.2) is 6.61 Å². The number of nitrogens with two attached hydrogens (primary N) is 1. The Bertz CT molecular complexity index is 484. The van der Waals surface area contributed by atoms with E-state index in [1.165, 1.54) is 0 Å². The smallest absolute Gasteiger partial charge is 0.313 e. The molecule has 0 aliphatic heterocycles. The van der Waals surface area contributed by atoms with Gasteiger partial charge in [0.1, 0.15) is 0 Å². The quantitative estimate of drug-likeness (QED) is 0.596. The fourth-order valence-electron chi connectivity index (χ4n) is 1.99. The van der Waals surface area contributed by atoms with Crippen LogP contribution in [0.3, 0.4) is 0 Å². The lowest BCUT2D eigenvalue weighted by molar-refractivity contribution is -0.149. The fraction of sp³-hybridized carbons (Fsp3) is 0.500. The number of carbonyl (C=O) groups is 2. The summed E-state index contributed by atoms with van der Waals surface area (Å²) in [6.45, 7) is 5.49. The summed E-state index contributed by atoms with van der Waals surface area (Å²) in [5, 5.41) is 2.82. The van der Waals surface area contributed by atoms with Crippen molar-refractivity contribution in [3.05, 3.63) is 29.8 Å². The van der Waals surface area contributed by atoms with Crippen LogP contribution < -0.4 is 11.1 Å². The molecule has 1 atom stereocenters. The van der Waals surface area contributed by atoms with Gasteiger partial charge in [0, 0.05) is 11.7 Å². The van der Waals surface area contributed by atoms with Gasteiger partial charge in [-0.3, -0.25) is 9.59 Å². The number of amides is 1. The molecule has 1 aromatic carbocycles. The lowest BCUT2D eigenvalue weighted by atomic mass is 10.0. The van der Waals surface area contributed by atoms with Gasteiger partial charge in [-0.2, -0.15) is 0 Å². The van der Waals surface area contributed by atoms with Crippen molar-refractivity contribution in [2.24, 2.45) is 0 Å². The largest absolute Gasteiger partial charge is 0.455 e. The minimum Gasteiger partial charge on any atom is -0.455 e. The topological polar surface area (TPSA) is 81.4 Å². The maximum absolute atomic E-state index is 11.9. The Morgan fingerprint density at radius 3 is 2.52 bits per heavy atom. The third-order valence-electron chi connectivity index (χ3n) is 3.46. The molecule has 0 spiro atoms. The Hall–Kier alpha value is -2.04. The van der Waals surface area contributed by atoms with Crippen molar-refractivity contribution >= 4 is 17.6 Å². The number of hydrogen-bond acceptors (Lipinski definition) is 4. The number of benzene rings is 1. The predicted octanol–water partition coefficient (Wildman–Crippen LogP) is 2.22. The predicted molar refractivity (Wildman–Crippen MR) is 82.7 cm³/mol. The summed E-state index contributed by atoms with van der Waals surface area (Å²) < 4.78 is 5.06. The molecule has 5 heteroatoms. The SMILES string of the molecule is CCC(CC)NC(=O)COC(=O)C(C)c1cccc(N)c1. The summed E-state index contributed by atoms with van der Waals surface area (Å²) in [4.78, 5) is 23.6. The molecule has 0 saturated carbocycles. The summed E-state index contributed by atoms with van der Waals surface area (Å²) in [5.74, 6) is -1.15. The molecule has 116 valence electrons. The van der Waals surface area contributed by atoms with Gasteiger partial charge >= 0.3 is 5.97 Å². The van der Waals surface area contributed by atoms with E-state index >= 15 is 0 Å². The molecule has 0 radical (unpaired) electrons. The highest BCUT2D eigenvalue weighted by Crippen LogP contribution is 2.18. The molecule has 0 bridgehead atoms. The summed E-state index contributed by atoms with van der Waals surface area (Å²) in [6, 6.07) is 7.21. The standard InChI is InChI=1S/C16H24N2O3/c1-4-14(5-2)18-15(19)10-21-16(20)11(3)12-7-6-8-13(17)9-12/h6-9,11,14H,4-5,10,17H2,1-3H3,(H,18,19). The number of rotatable bonds is 7. The third kappa shape index (κ3) is 5.45. The molecule has 5 nitrogen and oxygen atoms in total. The Morgan fingerprint density at radius 1 is 1.29 bits per heavy atom. The van der Waals surface area contributed by atoms with E-state index < -0.39 is 11.9 Å². The van der Waals surface area contributed by atoms with Crippen molar-refractivity contribution in [3.63, 3.8) is 0 Å². The molecule has 1 unspecified atom stereocenters. The lowest BCUT2D eigenvalue weighted by Gasteiger charge is -2.16. The molecule has 0 aliphatic carbocycles. The maximum Gasteiger partial charge on any atom is 0.313 e. The summed E-state index contributed by atoms with van der Waals surface area (Å²) >= 11 is 0. The van der Waals surface area contributed by atoms with Crippen LogP contribution in [0.4, 0.5) is 5.69 Å². The van der Waals surface area contributed by atoms with Gasteiger partial charge in [-0.25, -0.2) is 0 Å². The number of ether oxygens (including phenoxy) is 1. The Morgan fingerprint density at radius 2 is 1.95 bits per heavy atom. The van der Waals surface area contributed by atoms with E-state index in [1.807, 2.05) is 19.9 Å². The number of nitrogen functional groups attached to an aromatic ring is 1. The highest BCUT2D eigenvalue weighted by molar-refractivity contribution is 5.83. The first-order valence-corrected chi connectivity index (χ1v) is 7.29. The van der Waals surface area contributed by atoms with Crippen LogP contribution in [0.25, 0.3) is 0 Å². The van der Waals surface area contributed by atoms with E-state index in [-0.39, 0.29) is 18.6 Å². The second-order valence-corrected chi connectivity index (χ2v) is 5.08.